The fourth-order valence-electron chi connectivity index (χ4n) is 2.11. The average molecular weight is 409 g/mol. The summed E-state index contributed by atoms with van der Waals surface area (Å²) in [5.41, 5.74) is 0.707. The van der Waals surface area contributed by atoms with Crippen molar-refractivity contribution in [2.45, 2.75) is 13.5 Å². The molecule has 0 bridgehead atoms. The van der Waals surface area contributed by atoms with Crippen LogP contribution < -0.4 is 4.74 Å². The smallest absolute Gasteiger partial charge is 0.343 e. The van der Waals surface area contributed by atoms with Crippen LogP contribution in [0.3, 0.4) is 0 Å². The predicted molar refractivity (Wildman–Crippen MR) is 106 cm³/mol. The van der Waals surface area contributed by atoms with Crippen molar-refractivity contribution in [2.24, 2.45) is 4.99 Å². The molecule has 2 aromatic rings. The molecule has 0 spiro atoms. The number of benzene rings is 1. The molecule has 1 N–H and O–H groups in total. The molecule has 1 aromatic heterocycles. The van der Waals surface area contributed by atoms with Crippen LogP contribution >= 0.6 is 23.2 Å². The number of hydrogen-bond donors (Lipinski definition) is 1. The highest BCUT2D eigenvalue weighted by Gasteiger charge is 2.20. The number of rotatable bonds is 7. The van der Waals surface area contributed by atoms with Crippen LogP contribution in [0.25, 0.3) is 5.76 Å². The fourth-order valence-corrected chi connectivity index (χ4v) is 2.45. The van der Waals surface area contributed by atoms with Gasteiger partial charge in [0.1, 0.15) is 17.0 Å². The van der Waals surface area contributed by atoms with Gasteiger partial charge in [-0.15, -0.1) is 0 Å². The molecule has 0 fully saturated rings. The Morgan fingerprint density at radius 3 is 2.59 bits per heavy atom. The molecule has 142 valence electrons. The van der Waals surface area contributed by atoms with Crippen molar-refractivity contribution < 1.29 is 19.4 Å². The molecule has 0 amide bonds. The minimum Gasteiger partial charge on any atom is -0.505 e. The van der Waals surface area contributed by atoms with Crippen LogP contribution in [0.1, 0.15) is 18.2 Å². The van der Waals surface area contributed by atoms with Gasteiger partial charge in [-0.25, -0.2) is 4.79 Å². The van der Waals surface area contributed by atoms with Gasteiger partial charge in [-0.3, -0.25) is 9.98 Å². The lowest BCUT2D eigenvalue weighted by Gasteiger charge is -2.08. The zero-order valence-electron chi connectivity index (χ0n) is 14.8. The van der Waals surface area contributed by atoms with Gasteiger partial charge < -0.3 is 14.6 Å². The maximum Gasteiger partial charge on any atom is 0.343 e. The fraction of sp³-hybridized carbons (Fsp3) is 0.211. The van der Waals surface area contributed by atoms with Crippen molar-refractivity contribution in [2.75, 3.05) is 13.7 Å². The second-order valence-electron chi connectivity index (χ2n) is 5.26. The minimum atomic E-state index is -0.744. The van der Waals surface area contributed by atoms with E-state index >= 15 is 0 Å². The molecule has 0 unspecified atom stereocenters. The number of aliphatic hydroxyl groups is 1. The van der Waals surface area contributed by atoms with Gasteiger partial charge >= 0.3 is 5.97 Å². The summed E-state index contributed by atoms with van der Waals surface area (Å²) < 4.78 is 10.1. The largest absolute Gasteiger partial charge is 0.505 e. The van der Waals surface area contributed by atoms with Crippen molar-refractivity contribution in [1.82, 2.24) is 4.98 Å². The van der Waals surface area contributed by atoms with Gasteiger partial charge in [0.05, 0.1) is 30.3 Å². The Labute approximate surface area is 167 Å². The zero-order valence-corrected chi connectivity index (χ0v) is 16.3. The van der Waals surface area contributed by atoms with Crippen LogP contribution in [0.15, 0.2) is 47.1 Å². The summed E-state index contributed by atoms with van der Waals surface area (Å²) in [5, 5.41) is 10.7. The summed E-state index contributed by atoms with van der Waals surface area (Å²) in [4.78, 5) is 20.4. The van der Waals surface area contributed by atoms with Crippen LogP contribution in [0.5, 0.6) is 5.75 Å². The van der Waals surface area contributed by atoms with Crippen LogP contribution in [0.4, 0.5) is 0 Å². The number of esters is 1. The lowest BCUT2D eigenvalue weighted by molar-refractivity contribution is -0.137. The van der Waals surface area contributed by atoms with E-state index in [2.05, 4.69) is 9.98 Å². The molecule has 6 nitrogen and oxygen atoms in total. The van der Waals surface area contributed by atoms with Crippen LogP contribution in [-0.4, -0.2) is 36.0 Å². The van der Waals surface area contributed by atoms with Crippen molar-refractivity contribution in [3.63, 3.8) is 0 Å². The molecule has 8 heteroatoms. The van der Waals surface area contributed by atoms with Crippen LogP contribution in [0, 0.1) is 0 Å². The summed E-state index contributed by atoms with van der Waals surface area (Å²) in [5.74, 6) is -0.472. The zero-order chi connectivity index (χ0) is 19.8. The number of halogens is 2. The van der Waals surface area contributed by atoms with Crippen molar-refractivity contribution in [3.8, 4) is 5.75 Å². The molecule has 1 aromatic carbocycles. The van der Waals surface area contributed by atoms with Gasteiger partial charge in [-0.1, -0.05) is 35.3 Å². The minimum absolute atomic E-state index is 0.0249. The van der Waals surface area contributed by atoms with E-state index in [9.17, 15) is 9.90 Å². The number of aromatic nitrogens is 1. The van der Waals surface area contributed by atoms with E-state index in [-0.39, 0.29) is 34.5 Å². The van der Waals surface area contributed by atoms with Crippen LogP contribution in [0.2, 0.25) is 10.0 Å². The second-order valence-corrected chi connectivity index (χ2v) is 6.04. The summed E-state index contributed by atoms with van der Waals surface area (Å²) in [7, 11) is 1.58. The van der Waals surface area contributed by atoms with Crippen molar-refractivity contribution in [3.05, 3.63) is 63.4 Å². The number of pyridine rings is 1. The van der Waals surface area contributed by atoms with E-state index in [1.165, 1.54) is 18.5 Å². The summed E-state index contributed by atoms with van der Waals surface area (Å²) >= 11 is 12.0. The van der Waals surface area contributed by atoms with E-state index in [1.54, 1.807) is 26.2 Å². The average Bonchev–Trinajstić information content (AvgIpc) is 2.67. The molecular weight excluding hydrogens is 391 g/mol. The summed E-state index contributed by atoms with van der Waals surface area (Å²) in [6, 6.07) is 8.78. The first-order valence-corrected chi connectivity index (χ1v) is 8.77. The number of nitrogens with zero attached hydrogens (tertiary/aromatic N) is 2. The predicted octanol–water partition coefficient (Wildman–Crippen LogP) is 4.50. The molecule has 0 aliphatic heterocycles. The Morgan fingerprint density at radius 2 is 1.96 bits per heavy atom. The number of aliphatic hydroxyl groups excluding tert-OH is 1. The van der Waals surface area contributed by atoms with E-state index < -0.39 is 11.7 Å². The SMILES string of the molecule is CCOC(=O)/C(C=NCc1ccc(OC)cc1)=C(/O)c1nccc(Cl)c1Cl. The van der Waals surface area contributed by atoms with E-state index in [4.69, 9.17) is 32.7 Å². The molecule has 2 rings (SSSR count). The Bertz CT molecular complexity index is 865. The first-order valence-electron chi connectivity index (χ1n) is 8.01. The maximum atomic E-state index is 12.2. The third-order valence-corrected chi connectivity index (χ3v) is 4.26. The second kappa shape index (κ2) is 9.94. The highest BCUT2D eigenvalue weighted by atomic mass is 35.5. The molecule has 0 saturated heterocycles. The third kappa shape index (κ3) is 5.45. The maximum absolute atomic E-state index is 12.2. The van der Waals surface area contributed by atoms with Gasteiger partial charge in [0, 0.05) is 12.4 Å². The summed E-state index contributed by atoms with van der Waals surface area (Å²) in [6.07, 6.45) is 2.60. The number of hydrogen-bond acceptors (Lipinski definition) is 6. The number of aliphatic imine (C=N–C) groups is 1. The van der Waals surface area contributed by atoms with Crippen LogP contribution in [-0.2, 0) is 16.1 Å². The molecule has 0 aliphatic carbocycles. The van der Waals surface area contributed by atoms with Gasteiger partial charge in [-0.2, -0.15) is 0 Å². The van der Waals surface area contributed by atoms with E-state index in [0.717, 1.165) is 11.3 Å². The van der Waals surface area contributed by atoms with Gasteiger partial charge in [-0.05, 0) is 30.7 Å². The normalized spacial score (nSPS) is 12.0. The van der Waals surface area contributed by atoms with Gasteiger partial charge in [0.15, 0.2) is 5.76 Å². The van der Waals surface area contributed by atoms with Gasteiger partial charge in [0.25, 0.3) is 0 Å². The molecule has 0 aliphatic rings. The molecule has 0 saturated carbocycles. The van der Waals surface area contributed by atoms with E-state index in [0.29, 0.717) is 0 Å². The number of carbonyl (C=O) groups excluding carboxylic acids is 1. The number of carbonyl (C=O) groups is 1. The highest BCUT2D eigenvalue weighted by molar-refractivity contribution is 6.43. The number of ether oxygens (including phenoxy) is 2. The number of methoxy groups -OCH3 is 1. The standard InChI is InChI=1S/C19H18Cl2N2O4/c1-3-27-19(25)14(18(24)17-16(21)15(20)8-9-23-17)11-22-10-12-4-6-13(26-2)7-5-12/h4-9,11,24H,3,10H2,1-2H3/b18-14+,22-11?. The topological polar surface area (TPSA) is 81.0 Å². The Kier molecular flexibility index (Phi) is 7.64. The quantitative estimate of drug-likeness (QED) is 0.315. The lowest BCUT2D eigenvalue weighted by atomic mass is 10.1. The molecule has 0 atom stereocenters. The molecule has 0 radical (unpaired) electrons. The Hall–Kier alpha value is -2.57. The van der Waals surface area contributed by atoms with Crippen molar-refractivity contribution >= 4 is 41.1 Å². The van der Waals surface area contributed by atoms with Gasteiger partial charge in [0.2, 0.25) is 0 Å². The lowest BCUT2D eigenvalue weighted by Crippen LogP contribution is -2.12. The first-order chi connectivity index (χ1) is 13.0. The summed E-state index contributed by atoms with van der Waals surface area (Å²) in [6.45, 7) is 2.08. The monoisotopic (exact) mass is 408 g/mol. The third-order valence-electron chi connectivity index (χ3n) is 3.47. The Morgan fingerprint density at radius 1 is 1.26 bits per heavy atom. The first kappa shape index (κ1) is 20.7. The Balaban J connectivity index is 2.33. The van der Waals surface area contributed by atoms with Crippen molar-refractivity contribution in [1.29, 1.82) is 0 Å². The molecule has 1 heterocycles. The highest BCUT2D eigenvalue weighted by Crippen LogP contribution is 2.29. The molecule has 27 heavy (non-hydrogen) atoms. The van der Waals surface area contributed by atoms with E-state index in [1.807, 2.05) is 12.1 Å². The molecular formula is C19H18Cl2N2O4.